The molecular formula is C25H21BrN4O2. The Labute approximate surface area is 194 Å². The molecular weight excluding hydrogens is 468 g/mol. The zero-order chi connectivity index (χ0) is 22.3. The van der Waals surface area contributed by atoms with Crippen LogP contribution in [0.5, 0.6) is 5.75 Å². The van der Waals surface area contributed by atoms with Gasteiger partial charge in [-0.1, -0.05) is 70.0 Å². The molecule has 4 rings (SSSR count). The van der Waals surface area contributed by atoms with E-state index in [1.54, 1.807) is 23.0 Å². The number of hydrogen-bond donors (Lipinski definition) is 1. The van der Waals surface area contributed by atoms with Crippen molar-refractivity contribution in [3.05, 3.63) is 101 Å². The van der Waals surface area contributed by atoms with E-state index < -0.39 is 0 Å². The summed E-state index contributed by atoms with van der Waals surface area (Å²) in [4.78, 5) is 12.1. The zero-order valence-electron chi connectivity index (χ0n) is 17.4. The lowest BCUT2D eigenvalue weighted by Gasteiger charge is -2.05. The maximum atomic E-state index is 12.1. The van der Waals surface area contributed by atoms with Crippen LogP contribution >= 0.6 is 15.9 Å². The van der Waals surface area contributed by atoms with Crippen LogP contribution in [0.3, 0.4) is 0 Å². The Bertz CT molecular complexity index is 1230. The topological polar surface area (TPSA) is 68.5 Å². The van der Waals surface area contributed by atoms with E-state index >= 15 is 0 Å². The maximum absolute atomic E-state index is 12.1. The molecule has 160 valence electrons. The highest BCUT2D eigenvalue weighted by Gasteiger charge is 2.11. The number of carbonyl (C=O) groups excluding carboxylic acids is 1. The molecule has 6 nitrogen and oxygen atoms in total. The van der Waals surface area contributed by atoms with Crippen LogP contribution in [0.15, 0.2) is 94.6 Å². The van der Waals surface area contributed by atoms with E-state index in [1.807, 2.05) is 79.9 Å². The third-order valence-electron chi connectivity index (χ3n) is 4.65. The highest BCUT2D eigenvalue weighted by atomic mass is 79.9. The monoisotopic (exact) mass is 488 g/mol. The number of nitrogens with zero attached hydrogens (tertiary/aromatic N) is 3. The third-order valence-corrected chi connectivity index (χ3v) is 5.14. The molecule has 0 atom stereocenters. The molecule has 0 aliphatic carbocycles. The van der Waals surface area contributed by atoms with Gasteiger partial charge in [0.15, 0.2) is 6.61 Å². The summed E-state index contributed by atoms with van der Waals surface area (Å²) in [6.45, 7) is 1.91. The molecule has 0 bridgehead atoms. The average molecular weight is 489 g/mol. The van der Waals surface area contributed by atoms with Gasteiger partial charge in [0.05, 0.1) is 11.9 Å². The Hall–Kier alpha value is -3.71. The Balaban J connectivity index is 1.50. The second kappa shape index (κ2) is 10.1. The van der Waals surface area contributed by atoms with Gasteiger partial charge < -0.3 is 4.74 Å². The van der Waals surface area contributed by atoms with Gasteiger partial charge in [0.1, 0.15) is 11.4 Å². The number of benzene rings is 3. The minimum absolute atomic E-state index is 0.137. The van der Waals surface area contributed by atoms with E-state index in [-0.39, 0.29) is 12.5 Å². The molecule has 32 heavy (non-hydrogen) atoms. The number of halogens is 1. The van der Waals surface area contributed by atoms with Crippen LogP contribution in [0.4, 0.5) is 0 Å². The normalized spacial score (nSPS) is 10.9. The number of aromatic nitrogens is 2. The van der Waals surface area contributed by atoms with Crippen LogP contribution in [0.2, 0.25) is 0 Å². The molecule has 1 heterocycles. The summed E-state index contributed by atoms with van der Waals surface area (Å²) in [5.41, 5.74) is 7.14. The van der Waals surface area contributed by atoms with Gasteiger partial charge in [0.25, 0.3) is 5.91 Å². The number of nitrogens with one attached hydrogen (secondary N) is 1. The van der Waals surface area contributed by atoms with Crippen LogP contribution < -0.4 is 10.2 Å². The van der Waals surface area contributed by atoms with E-state index in [4.69, 9.17) is 9.84 Å². The van der Waals surface area contributed by atoms with Crippen LogP contribution in [-0.4, -0.2) is 28.5 Å². The summed E-state index contributed by atoms with van der Waals surface area (Å²) < 4.78 is 8.17. The standard InChI is InChI=1S/C25H21BrN4O2/c1-18-10-12-19(13-11-18)25-20(16-30(29-25)22-7-3-2-4-8-22)15-27-28-24(31)17-32-23-9-5-6-21(26)14-23/h2-16H,17H2,1H3,(H,28,31). The Kier molecular flexibility index (Phi) is 6.77. The van der Waals surface area contributed by atoms with Crippen molar-refractivity contribution in [2.24, 2.45) is 5.10 Å². The van der Waals surface area contributed by atoms with E-state index in [2.05, 4.69) is 26.5 Å². The predicted molar refractivity (Wildman–Crippen MR) is 129 cm³/mol. The summed E-state index contributed by atoms with van der Waals surface area (Å²) >= 11 is 3.37. The average Bonchev–Trinajstić information content (AvgIpc) is 3.23. The molecule has 0 spiro atoms. The molecule has 0 unspecified atom stereocenters. The molecule has 0 saturated heterocycles. The number of rotatable bonds is 7. The zero-order valence-corrected chi connectivity index (χ0v) is 19.0. The quantitative estimate of drug-likeness (QED) is 0.289. The van der Waals surface area contributed by atoms with Crippen molar-refractivity contribution >= 4 is 28.1 Å². The van der Waals surface area contributed by atoms with Crippen LogP contribution in [0, 0.1) is 6.92 Å². The third kappa shape index (κ3) is 5.50. The SMILES string of the molecule is Cc1ccc(-c2nn(-c3ccccc3)cc2C=NNC(=O)COc2cccc(Br)c2)cc1. The molecule has 1 aromatic heterocycles. The van der Waals surface area contributed by atoms with Gasteiger partial charge in [-0.05, 0) is 37.3 Å². The molecule has 0 radical (unpaired) electrons. The first-order valence-electron chi connectivity index (χ1n) is 10.0. The minimum Gasteiger partial charge on any atom is -0.484 e. The molecule has 0 aliphatic rings. The highest BCUT2D eigenvalue weighted by molar-refractivity contribution is 9.10. The van der Waals surface area contributed by atoms with Gasteiger partial charge in [0.2, 0.25) is 0 Å². The molecule has 7 heteroatoms. The van der Waals surface area contributed by atoms with Crippen molar-refractivity contribution in [2.45, 2.75) is 6.92 Å². The Morgan fingerprint density at radius 1 is 1.09 bits per heavy atom. The predicted octanol–water partition coefficient (Wildman–Crippen LogP) is 5.14. The van der Waals surface area contributed by atoms with Crippen LogP contribution in [0.1, 0.15) is 11.1 Å². The summed E-state index contributed by atoms with van der Waals surface area (Å²) in [7, 11) is 0. The number of para-hydroxylation sites is 1. The van der Waals surface area contributed by atoms with Crippen molar-refractivity contribution in [3.63, 3.8) is 0 Å². The number of ether oxygens (including phenoxy) is 1. The van der Waals surface area contributed by atoms with Crippen molar-refractivity contribution in [1.29, 1.82) is 0 Å². The second-order valence-corrected chi connectivity index (χ2v) is 8.03. The summed E-state index contributed by atoms with van der Waals surface area (Å²) in [6, 6.07) is 25.3. The van der Waals surface area contributed by atoms with E-state index in [1.165, 1.54) is 5.56 Å². The lowest BCUT2D eigenvalue weighted by Crippen LogP contribution is -2.24. The largest absolute Gasteiger partial charge is 0.484 e. The molecule has 3 aromatic carbocycles. The molecule has 0 fully saturated rings. The number of hydrazone groups is 1. The van der Waals surface area contributed by atoms with E-state index in [0.717, 1.165) is 27.0 Å². The summed E-state index contributed by atoms with van der Waals surface area (Å²) in [6.07, 6.45) is 3.48. The van der Waals surface area contributed by atoms with E-state index in [0.29, 0.717) is 5.75 Å². The first-order valence-corrected chi connectivity index (χ1v) is 10.8. The van der Waals surface area contributed by atoms with Gasteiger partial charge >= 0.3 is 0 Å². The highest BCUT2D eigenvalue weighted by Crippen LogP contribution is 2.23. The molecule has 0 saturated carbocycles. The van der Waals surface area contributed by atoms with Crippen molar-refractivity contribution in [1.82, 2.24) is 15.2 Å². The lowest BCUT2D eigenvalue weighted by atomic mass is 10.1. The summed E-state index contributed by atoms with van der Waals surface area (Å²) in [5.74, 6) is 0.248. The Morgan fingerprint density at radius 3 is 2.62 bits per heavy atom. The van der Waals surface area contributed by atoms with Crippen molar-refractivity contribution in [3.8, 4) is 22.7 Å². The molecule has 1 amide bonds. The lowest BCUT2D eigenvalue weighted by molar-refractivity contribution is -0.123. The first kappa shape index (κ1) is 21.5. The number of aryl methyl sites for hydroxylation is 1. The number of carbonyl (C=O) groups is 1. The van der Waals surface area contributed by atoms with Crippen molar-refractivity contribution < 1.29 is 9.53 Å². The molecule has 4 aromatic rings. The second-order valence-electron chi connectivity index (χ2n) is 7.12. The van der Waals surface area contributed by atoms with E-state index in [9.17, 15) is 4.79 Å². The first-order chi connectivity index (χ1) is 15.6. The van der Waals surface area contributed by atoms with Gasteiger partial charge in [-0.2, -0.15) is 10.2 Å². The Morgan fingerprint density at radius 2 is 1.88 bits per heavy atom. The van der Waals surface area contributed by atoms with Crippen molar-refractivity contribution in [2.75, 3.05) is 6.61 Å². The van der Waals surface area contributed by atoms with Gasteiger partial charge in [-0.25, -0.2) is 10.1 Å². The minimum atomic E-state index is -0.353. The fourth-order valence-electron chi connectivity index (χ4n) is 3.04. The van der Waals surface area contributed by atoms with Gasteiger partial charge in [-0.3, -0.25) is 4.79 Å². The van der Waals surface area contributed by atoms with Crippen LogP contribution in [-0.2, 0) is 4.79 Å². The van der Waals surface area contributed by atoms with Gasteiger partial charge in [-0.15, -0.1) is 0 Å². The summed E-state index contributed by atoms with van der Waals surface area (Å²) in [5, 5.41) is 8.86. The fraction of sp³-hybridized carbons (Fsp3) is 0.0800. The van der Waals surface area contributed by atoms with Crippen LogP contribution in [0.25, 0.3) is 16.9 Å². The molecule has 0 aliphatic heterocycles. The molecule has 1 N–H and O–H groups in total. The van der Waals surface area contributed by atoms with Gasteiger partial charge in [0, 0.05) is 21.8 Å². The number of hydrogen-bond acceptors (Lipinski definition) is 4. The smallest absolute Gasteiger partial charge is 0.277 e. The maximum Gasteiger partial charge on any atom is 0.277 e. The number of amides is 1. The fourth-order valence-corrected chi connectivity index (χ4v) is 3.42.